The molecule has 0 unspecified atom stereocenters. The number of aryl methyl sites for hydroxylation is 1. The van der Waals surface area contributed by atoms with Gasteiger partial charge in [-0.15, -0.1) is 0 Å². The molecule has 0 aliphatic carbocycles. The molecule has 0 saturated carbocycles. The lowest BCUT2D eigenvalue weighted by Crippen LogP contribution is -2.40. The standard InChI is InChI=1S/C20H22N2O6S/c1-15-6-7-17(29(25,26)22-8-10-27-11-9-22)12-18(15)21-20(24)14-28-19-5-3-2-4-16(19)13-23/h2-7,12-13H,8-11,14H2,1H3,(H,21,24). The Kier molecular flexibility index (Phi) is 6.63. The number of benzene rings is 2. The quantitative estimate of drug-likeness (QED) is 0.689. The molecule has 1 aliphatic rings. The number of para-hydroxylation sites is 1. The van der Waals surface area contributed by atoms with Gasteiger partial charge in [0.15, 0.2) is 12.9 Å². The number of morpholine rings is 1. The van der Waals surface area contributed by atoms with Crippen LogP contribution in [0.15, 0.2) is 47.4 Å². The summed E-state index contributed by atoms with van der Waals surface area (Å²) in [5.41, 5.74) is 1.44. The number of aldehydes is 1. The molecule has 1 N–H and O–H groups in total. The minimum atomic E-state index is -3.67. The van der Waals surface area contributed by atoms with Gasteiger partial charge in [0.25, 0.3) is 5.91 Å². The first-order chi connectivity index (χ1) is 13.9. The van der Waals surface area contributed by atoms with Gasteiger partial charge in [0.1, 0.15) is 5.75 Å². The molecule has 9 heteroatoms. The maximum absolute atomic E-state index is 12.8. The van der Waals surface area contributed by atoms with E-state index in [1.165, 1.54) is 16.4 Å². The number of carbonyl (C=O) groups is 2. The summed E-state index contributed by atoms with van der Waals surface area (Å²) >= 11 is 0. The Labute approximate surface area is 169 Å². The van der Waals surface area contributed by atoms with Crippen molar-refractivity contribution in [2.45, 2.75) is 11.8 Å². The van der Waals surface area contributed by atoms with Crippen LogP contribution in [0.1, 0.15) is 15.9 Å². The van der Waals surface area contributed by atoms with E-state index in [9.17, 15) is 18.0 Å². The second-order valence-electron chi connectivity index (χ2n) is 6.49. The predicted molar refractivity (Wildman–Crippen MR) is 107 cm³/mol. The van der Waals surface area contributed by atoms with Gasteiger partial charge in [-0.25, -0.2) is 8.42 Å². The van der Waals surface area contributed by atoms with E-state index in [4.69, 9.17) is 9.47 Å². The summed E-state index contributed by atoms with van der Waals surface area (Å²) in [7, 11) is -3.67. The van der Waals surface area contributed by atoms with Crippen LogP contribution in [0, 0.1) is 6.92 Å². The second-order valence-corrected chi connectivity index (χ2v) is 8.42. The SMILES string of the molecule is Cc1ccc(S(=O)(=O)N2CCOCC2)cc1NC(=O)COc1ccccc1C=O. The summed E-state index contributed by atoms with van der Waals surface area (Å²) in [6.45, 7) is 2.75. The molecule has 0 bridgehead atoms. The number of sulfonamides is 1. The highest BCUT2D eigenvalue weighted by Gasteiger charge is 2.26. The summed E-state index contributed by atoms with van der Waals surface area (Å²) in [6.07, 6.45) is 0.650. The second kappa shape index (κ2) is 9.17. The van der Waals surface area contributed by atoms with E-state index in [2.05, 4.69) is 5.32 Å². The Morgan fingerprint density at radius 2 is 1.93 bits per heavy atom. The van der Waals surface area contributed by atoms with Crippen molar-refractivity contribution in [3.8, 4) is 5.75 Å². The summed E-state index contributed by atoms with van der Waals surface area (Å²) in [4.78, 5) is 23.4. The fraction of sp³-hybridized carbons (Fsp3) is 0.300. The average Bonchev–Trinajstić information content (AvgIpc) is 2.74. The zero-order chi connectivity index (χ0) is 20.9. The molecule has 3 rings (SSSR count). The fourth-order valence-corrected chi connectivity index (χ4v) is 4.31. The van der Waals surface area contributed by atoms with E-state index in [1.807, 2.05) is 0 Å². The Bertz CT molecular complexity index is 1000. The molecular formula is C20H22N2O6S. The minimum Gasteiger partial charge on any atom is -0.483 e. The summed E-state index contributed by atoms with van der Waals surface area (Å²) in [5, 5.41) is 2.67. The van der Waals surface area contributed by atoms with Gasteiger partial charge < -0.3 is 14.8 Å². The average molecular weight is 418 g/mol. The van der Waals surface area contributed by atoms with Gasteiger partial charge in [-0.1, -0.05) is 18.2 Å². The number of hydrogen-bond donors (Lipinski definition) is 1. The van der Waals surface area contributed by atoms with Crippen LogP contribution in [0.3, 0.4) is 0 Å². The Morgan fingerprint density at radius 3 is 2.66 bits per heavy atom. The van der Waals surface area contributed by atoms with Crippen molar-refractivity contribution < 1.29 is 27.5 Å². The molecule has 1 amide bonds. The predicted octanol–water partition coefficient (Wildman–Crippen LogP) is 1.85. The van der Waals surface area contributed by atoms with Crippen LogP contribution in [0.25, 0.3) is 0 Å². The van der Waals surface area contributed by atoms with Crippen molar-refractivity contribution in [2.24, 2.45) is 0 Å². The normalized spacial score (nSPS) is 14.9. The molecule has 0 aromatic heterocycles. The first-order valence-electron chi connectivity index (χ1n) is 9.07. The Morgan fingerprint density at radius 1 is 1.21 bits per heavy atom. The maximum atomic E-state index is 12.8. The van der Waals surface area contributed by atoms with Gasteiger partial charge in [-0.05, 0) is 36.8 Å². The molecule has 1 aliphatic heterocycles. The third-order valence-corrected chi connectivity index (χ3v) is 6.39. The van der Waals surface area contributed by atoms with Crippen molar-refractivity contribution in [3.63, 3.8) is 0 Å². The molecule has 0 radical (unpaired) electrons. The molecule has 2 aromatic rings. The summed E-state index contributed by atoms with van der Waals surface area (Å²) < 4.78 is 37.6. The molecule has 1 fully saturated rings. The van der Waals surface area contributed by atoms with Gasteiger partial charge in [-0.2, -0.15) is 4.31 Å². The zero-order valence-electron chi connectivity index (χ0n) is 16.0. The van der Waals surface area contributed by atoms with Gasteiger partial charge in [0.2, 0.25) is 10.0 Å². The minimum absolute atomic E-state index is 0.104. The third-order valence-electron chi connectivity index (χ3n) is 4.50. The number of amides is 1. The molecule has 0 spiro atoms. The smallest absolute Gasteiger partial charge is 0.262 e. The largest absolute Gasteiger partial charge is 0.483 e. The Balaban J connectivity index is 1.71. The monoisotopic (exact) mass is 418 g/mol. The molecule has 2 aromatic carbocycles. The molecule has 154 valence electrons. The van der Waals surface area contributed by atoms with Crippen molar-refractivity contribution in [1.29, 1.82) is 0 Å². The lowest BCUT2D eigenvalue weighted by molar-refractivity contribution is -0.118. The van der Waals surface area contributed by atoms with E-state index in [0.717, 1.165) is 0 Å². The molecule has 1 heterocycles. The molecule has 8 nitrogen and oxygen atoms in total. The molecular weight excluding hydrogens is 396 g/mol. The number of nitrogens with zero attached hydrogens (tertiary/aromatic N) is 1. The van der Waals surface area contributed by atoms with Crippen molar-refractivity contribution >= 4 is 27.9 Å². The lowest BCUT2D eigenvalue weighted by Gasteiger charge is -2.26. The molecule has 1 saturated heterocycles. The van der Waals surface area contributed by atoms with Gasteiger partial charge >= 0.3 is 0 Å². The van der Waals surface area contributed by atoms with E-state index in [0.29, 0.717) is 55.2 Å². The molecule has 0 atom stereocenters. The number of carbonyl (C=O) groups excluding carboxylic acids is 2. The zero-order valence-corrected chi connectivity index (χ0v) is 16.8. The molecule has 29 heavy (non-hydrogen) atoms. The summed E-state index contributed by atoms with van der Waals surface area (Å²) in [5.74, 6) is -0.159. The van der Waals surface area contributed by atoms with Crippen LogP contribution < -0.4 is 10.1 Å². The highest BCUT2D eigenvalue weighted by Crippen LogP contribution is 2.24. The lowest BCUT2D eigenvalue weighted by atomic mass is 10.2. The van der Waals surface area contributed by atoms with Crippen LogP contribution in [-0.2, 0) is 19.6 Å². The van der Waals surface area contributed by atoms with Crippen molar-refractivity contribution in [3.05, 3.63) is 53.6 Å². The topological polar surface area (TPSA) is 102 Å². The van der Waals surface area contributed by atoms with Crippen LogP contribution in [0.2, 0.25) is 0 Å². The van der Waals surface area contributed by atoms with E-state index < -0.39 is 15.9 Å². The van der Waals surface area contributed by atoms with Crippen molar-refractivity contribution in [1.82, 2.24) is 4.31 Å². The van der Waals surface area contributed by atoms with Crippen molar-refractivity contribution in [2.75, 3.05) is 38.2 Å². The number of nitrogens with one attached hydrogen (secondary N) is 1. The van der Waals surface area contributed by atoms with Gasteiger partial charge in [0.05, 0.1) is 23.7 Å². The first-order valence-corrected chi connectivity index (χ1v) is 10.5. The van der Waals surface area contributed by atoms with Crippen LogP contribution in [0.5, 0.6) is 5.75 Å². The maximum Gasteiger partial charge on any atom is 0.262 e. The van der Waals surface area contributed by atoms with E-state index in [1.54, 1.807) is 37.3 Å². The summed E-state index contributed by atoms with van der Waals surface area (Å²) in [6, 6.07) is 11.2. The first kappa shape index (κ1) is 21.0. The fourth-order valence-electron chi connectivity index (χ4n) is 2.87. The third kappa shape index (κ3) is 5.00. The van der Waals surface area contributed by atoms with E-state index >= 15 is 0 Å². The van der Waals surface area contributed by atoms with E-state index in [-0.39, 0.29) is 11.5 Å². The number of ether oxygens (including phenoxy) is 2. The number of rotatable bonds is 7. The van der Waals surface area contributed by atoms with Crippen LogP contribution in [0.4, 0.5) is 5.69 Å². The number of anilines is 1. The highest BCUT2D eigenvalue weighted by atomic mass is 32.2. The Hall–Kier alpha value is -2.75. The van der Waals surface area contributed by atoms with Crippen LogP contribution in [-0.4, -0.2) is 57.8 Å². The highest BCUT2D eigenvalue weighted by molar-refractivity contribution is 7.89. The van der Waals surface area contributed by atoms with Gasteiger partial charge in [0, 0.05) is 18.8 Å². The van der Waals surface area contributed by atoms with Gasteiger partial charge in [-0.3, -0.25) is 9.59 Å². The number of hydrogen-bond acceptors (Lipinski definition) is 6. The van der Waals surface area contributed by atoms with Crippen LogP contribution >= 0.6 is 0 Å².